The lowest BCUT2D eigenvalue weighted by atomic mass is 10.1. The number of aliphatic hydroxyl groups is 1. The molecule has 0 spiro atoms. The second-order valence-electron chi connectivity index (χ2n) is 9.57. The zero-order valence-corrected chi connectivity index (χ0v) is 22.3. The summed E-state index contributed by atoms with van der Waals surface area (Å²) in [5, 5.41) is 15.7. The average molecular weight is 518 g/mol. The van der Waals surface area contributed by atoms with Crippen molar-refractivity contribution in [1.82, 2.24) is 14.7 Å². The van der Waals surface area contributed by atoms with Crippen molar-refractivity contribution < 1.29 is 19.0 Å². The van der Waals surface area contributed by atoms with E-state index in [9.17, 15) is 9.50 Å². The largest absolute Gasteiger partial charge is 0.439 e. The van der Waals surface area contributed by atoms with Crippen LogP contribution in [0.15, 0.2) is 84.9 Å². The summed E-state index contributed by atoms with van der Waals surface area (Å²) in [7, 11) is 0. The number of aliphatic hydroxyl groups excluding tert-OH is 1. The van der Waals surface area contributed by atoms with Crippen molar-refractivity contribution in [2.24, 2.45) is 0 Å². The van der Waals surface area contributed by atoms with Gasteiger partial charge in [-0.3, -0.25) is 4.90 Å². The van der Waals surface area contributed by atoms with E-state index in [1.807, 2.05) is 60.7 Å². The van der Waals surface area contributed by atoms with Gasteiger partial charge in [-0.25, -0.2) is 9.07 Å². The first kappa shape index (κ1) is 27.5. The van der Waals surface area contributed by atoms with E-state index in [0.717, 1.165) is 16.8 Å². The normalized spacial score (nSPS) is 12.3. The van der Waals surface area contributed by atoms with Crippen molar-refractivity contribution in [2.45, 2.75) is 52.5 Å². The Kier molecular flexibility index (Phi) is 9.65. The second kappa shape index (κ2) is 13.3. The number of aryl methyl sites for hydroxylation is 1. The maximum atomic E-state index is 13.7. The van der Waals surface area contributed by atoms with E-state index in [-0.39, 0.29) is 18.5 Å². The van der Waals surface area contributed by atoms with Gasteiger partial charge in [0.15, 0.2) is 0 Å². The molecule has 7 heteroatoms. The van der Waals surface area contributed by atoms with Crippen molar-refractivity contribution in [2.75, 3.05) is 13.2 Å². The molecule has 1 unspecified atom stereocenters. The molecular weight excluding hydrogens is 481 g/mol. The van der Waals surface area contributed by atoms with Crippen LogP contribution in [0.1, 0.15) is 37.6 Å². The van der Waals surface area contributed by atoms with Gasteiger partial charge in [0.25, 0.3) is 0 Å². The number of rotatable bonds is 13. The Bertz CT molecular complexity index is 1260. The summed E-state index contributed by atoms with van der Waals surface area (Å²) < 4.78 is 27.6. The van der Waals surface area contributed by atoms with E-state index in [2.05, 4.69) is 25.7 Å². The van der Waals surface area contributed by atoms with Gasteiger partial charge >= 0.3 is 0 Å². The molecule has 4 aromatic rings. The highest BCUT2D eigenvalue weighted by atomic mass is 19.1. The monoisotopic (exact) mass is 517 g/mol. The Hall–Kier alpha value is -3.52. The van der Waals surface area contributed by atoms with E-state index in [4.69, 9.17) is 14.6 Å². The first-order chi connectivity index (χ1) is 18.4. The van der Waals surface area contributed by atoms with Crippen molar-refractivity contribution in [3.8, 4) is 17.3 Å². The second-order valence-corrected chi connectivity index (χ2v) is 9.57. The van der Waals surface area contributed by atoms with E-state index in [1.165, 1.54) is 12.1 Å². The zero-order valence-electron chi connectivity index (χ0n) is 22.3. The molecule has 0 aliphatic carbocycles. The summed E-state index contributed by atoms with van der Waals surface area (Å²) >= 11 is 0. The molecule has 1 aromatic heterocycles. The number of halogens is 1. The molecule has 0 saturated heterocycles. The van der Waals surface area contributed by atoms with Crippen LogP contribution in [0.4, 0.5) is 4.39 Å². The Morgan fingerprint density at radius 3 is 2.24 bits per heavy atom. The molecule has 1 heterocycles. The van der Waals surface area contributed by atoms with Crippen LogP contribution >= 0.6 is 0 Å². The third kappa shape index (κ3) is 7.28. The lowest BCUT2D eigenvalue weighted by Crippen LogP contribution is -2.39. The van der Waals surface area contributed by atoms with Crippen LogP contribution in [0.3, 0.4) is 0 Å². The smallest absolute Gasteiger partial charge is 0.227 e. The number of ether oxygens (including phenoxy) is 2. The maximum absolute atomic E-state index is 13.7. The van der Waals surface area contributed by atoms with E-state index >= 15 is 0 Å². The lowest BCUT2D eigenvalue weighted by Gasteiger charge is -2.29. The van der Waals surface area contributed by atoms with Crippen molar-refractivity contribution in [1.29, 1.82) is 0 Å². The first-order valence-electron chi connectivity index (χ1n) is 13.1. The van der Waals surface area contributed by atoms with Gasteiger partial charge in [-0.05, 0) is 62.2 Å². The standard InChI is InChI=1S/C31H36FN3O3/c1-4-30-29(20-34(23(2)3)19-27(36)22-37-21-24-11-7-5-8-12-24)31(38-28-13-9-6-10-14-28)35(33-30)26-17-15-25(32)16-18-26/h5-18,23,27,36H,4,19-22H2,1-3H3. The van der Waals surface area contributed by atoms with Crippen LogP contribution in [-0.4, -0.2) is 45.1 Å². The first-order valence-corrected chi connectivity index (χ1v) is 13.1. The summed E-state index contributed by atoms with van der Waals surface area (Å²) in [6.45, 7) is 7.91. The topological polar surface area (TPSA) is 59.8 Å². The van der Waals surface area contributed by atoms with Crippen molar-refractivity contribution in [3.63, 3.8) is 0 Å². The van der Waals surface area contributed by atoms with Crippen molar-refractivity contribution >= 4 is 0 Å². The number of aromatic nitrogens is 2. The third-order valence-electron chi connectivity index (χ3n) is 6.34. The fourth-order valence-electron chi connectivity index (χ4n) is 4.25. The highest BCUT2D eigenvalue weighted by Crippen LogP contribution is 2.32. The average Bonchev–Trinajstić information content (AvgIpc) is 3.26. The molecule has 0 fully saturated rings. The summed E-state index contributed by atoms with van der Waals surface area (Å²) in [6.07, 6.45) is 0.0421. The fraction of sp³-hybridized carbons (Fsp3) is 0.323. The van der Waals surface area contributed by atoms with Gasteiger partial charge in [-0.1, -0.05) is 55.5 Å². The molecule has 0 aliphatic rings. The van der Waals surface area contributed by atoms with E-state index in [0.29, 0.717) is 43.4 Å². The molecule has 0 amide bonds. The zero-order chi connectivity index (χ0) is 26.9. The number of nitrogens with zero attached hydrogens (tertiary/aromatic N) is 3. The summed E-state index contributed by atoms with van der Waals surface area (Å²) in [6, 6.07) is 25.9. The lowest BCUT2D eigenvalue weighted by molar-refractivity contribution is 0.00299. The van der Waals surface area contributed by atoms with Crippen LogP contribution in [0.25, 0.3) is 5.69 Å². The molecule has 200 valence electrons. The molecule has 0 bridgehead atoms. The highest BCUT2D eigenvalue weighted by molar-refractivity contribution is 5.44. The Morgan fingerprint density at radius 1 is 0.947 bits per heavy atom. The molecule has 0 radical (unpaired) electrons. The molecular formula is C31H36FN3O3. The van der Waals surface area contributed by atoms with Gasteiger partial charge in [-0.2, -0.15) is 5.10 Å². The summed E-state index contributed by atoms with van der Waals surface area (Å²) in [5.41, 5.74) is 3.61. The Labute approximate surface area is 224 Å². The van der Waals surface area contributed by atoms with Crippen molar-refractivity contribution in [3.05, 3.63) is 108 Å². The van der Waals surface area contributed by atoms with Gasteiger partial charge in [-0.15, -0.1) is 0 Å². The Balaban J connectivity index is 1.57. The van der Waals surface area contributed by atoms with E-state index in [1.54, 1.807) is 16.8 Å². The number of benzene rings is 3. The van der Waals surface area contributed by atoms with Gasteiger partial charge in [0.1, 0.15) is 11.6 Å². The third-order valence-corrected chi connectivity index (χ3v) is 6.34. The molecule has 4 rings (SSSR count). The summed E-state index contributed by atoms with van der Waals surface area (Å²) in [5.74, 6) is 0.960. The van der Waals surface area contributed by atoms with Crippen LogP contribution < -0.4 is 4.74 Å². The maximum Gasteiger partial charge on any atom is 0.227 e. The fourth-order valence-corrected chi connectivity index (χ4v) is 4.25. The summed E-state index contributed by atoms with van der Waals surface area (Å²) in [4.78, 5) is 2.19. The minimum atomic E-state index is -0.656. The molecule has 3 aromatic carbocycles. The predicted molar refractivity (Wildman–Crippen MR) is 147 cm³/mol. The number of para-hydroxylation sites is 1. The predicted octanol–water partition coefficient (Wildman–Crippen LogP) is 6.15. The van der Waals surface area contributed by atoms with Crippen LogP contribution in [0.5, 0.6) is 11.6 Å². The quantitative estimate of drug-likeness (QED) is 0.230. The molecule has 0 saturated carbocycles. The molecule has 6 nitrogen and oxygen atoms in total. The number of hydrogen-bond acceptors (Lipinski definition) is 5. The minimum absolute atomic E-state index is 0.155. The van der Waals surface area contributed by atoms with Crippen LogP contribution in [-0.2, 0) is 24.3 Å². The minimum Gasteiger partial charge on any atom is -0.439 e. The van der Waals surface area contributed by atoms with Gasteiger partial charge < -0.3 is 14.6 Å². The van der Waals surface area contributed by atoms with Gasteiger partial charge in [0, 0.05) is 19.1 Å². The molecule has 1 atom stereocenters. The molecule has 0 aliphatic heterocycles. The van der Waals surface area contributed by atoms with Crippen LogP contribution in [0.2, 0.25) is 0 Å². The van der Waals surface area contributed by atoms with Gasteiger partial charge in [0.05, 0.1) is 36.3 Å². The molecule has 1 N–H and O–H groups in total. The molecule has 38 heavy (non-hydrogen) atoms. The highest BCUT2D eigenvalue weighted by Gasteiger charge is 2.25. The Morgan fingerprint density at radius 2 is 1.61 bits per heavy atom. The number of hydrogen-bond donors (Lipinski definition) is 1. The van der Waals surface area contributed by atoms with Crippen LogP contribution in [0, 0.1) is 5.82 Å². The SMILES string of the molecule is CCc1nn(-c2ccc(F)cc2)c(Oc2ccccc2)c1CN(CC(O)COCc1ccccc1)C(C)C. The van der Waals surface area contributed by atoms with E-state index < -0.39 is 6.10 Å². The van der Waals surface area contributed by atoms with Gasteiger partial charge in [0.2, 0.25) is 5.88 Å².